The number of halogens is 2. The topological polar surface area (TPSA) is 71.0 Å². The number of nitrogens with one attached hydrogen (secondary N) is 1. The number of fused-ring (bicyclic) bond motifs is 3. The van der Waals surface area contributed by atoms with Crippen molar-refractivity contribution >= 4 is 11.7 Å². The molecule has 3 atom stereocenters. The van der Waals surface area contributed by atoms with E-state index >= 15 is 0 Å². The van der Waals surface area contributed by atoms with Gasteiger partial charge in [-0.15, -0.1) is 0 Å². The minimum absolute atomic E-state index is 0.124. The molecule has 1 saturated carbocycles. The highest BCUT2D eigenvalue weighted by molar-refractivity contribution is 6.00. The minimum Gasteiger partial charge on any atom is -0.363 e. The van der Waals surface area contributed by atoms with Crippen molar-refractivity contribution in [1.82, 2.24) is 19.9 Å². The molecule has 0 spiro atoms. The average molecular weight is 435 g/mol. The quantitative estimate of drug-likeness (QED) is 0.664. The lowest BCUT2D eigenvalue weighted by Crippen LogP contribution is -2.60. The zero-order chi connectivity index (χ0) is 22.2. The summed E-state index contributed by atoms with van der Waals surface area (Å²) in [4.78, 5) is 28.1. The van der Waals surface area contributed by atoms with E-state index < -0.39 is 11.6 Å². The van der Waals surface area contributed by atoms with Crippen molar-refractivity contribution in [2.24, 2.45) is 5.92 Å². The Morgan fingerprint density at radius 3 is 2.69 bits per heavy atom. The molecular weight excluding hydrogens is 412 g/mol. The van der Waals surface area contributed by atoms with Gasteiger partial charge in [0.15, 0.2) is 17.5 Å². The number of carbonyl (C=O) groups is 1. The molecule has 1 aliphatic carbocycles. The van der Waals surface area contributed by atoms with Gasteiger partial charge in [0.1, 0.15) is 5.82 Å². The number of benzene rings is 1. The molecule has 3 aliphatic rings. The Morgan fingerprint density at radius 1 is 1.12 bits per heavy atom. The molecule has 2 bridgehead atoms. The largest absolute Gasteiger partial charge is 0.363 e. The Hall–Kier alpha value is -3.42. The lowest BCUT2D eigenvalue weighted by atomic mass is 9.76. The molecule has 8 heteroatoms. The van der Waals surface area contributed by atoms with Crippen LogP contribution in [0.3, 0.4) is 0 Å². The van der Waals surface area contributed by atoms with Crippen LogP contribution in [-0.2, 0) is 0 Å². The van der Waals surface area contributed by atoms with Crippen LogP contribution in [0, 0.1) is 24.5 Å². The first kappa shape index (κ1) is 20.5. The lowest BCUT2D eigenvalue weighted by Gasteiger charge is -2.50. The lowest BCUT2D eigenvalue weighted by molar-refractivity contribution is 0.0281. The molecule has 32 heavy (non-hydrogen) atoms. The predicted octanol–water partition coefficient (Wildman–Crippen LogP) is 4.23. The molecule has 2 aromatic heterocycles. The number of aromatic nitrogens is 3. The number of carbonyl (C=O) groups excluding carboxylic acids is 1. The van der Waals surface area contributed by atoms with Gasteiger partial charge in [0.2, 0.25) is 0 Å². The highest BCUT2D eigenvalue weighted by Crippen LogP contribution is 2.38. The van der Waals surface area contributed by atoms with E-state index in [-0.39, 0.29) is 29.4 Å². The Labute approximate surface area is 184 Å². The first-order valence-electron chi connectivity index (χ1n) is 10.8. The van der Waals surface area contributed by atoms with Gasteiger partial charge in [-0.05, 0) is 68.0 Å². The van der Waals surface area contributed by atoms with Crippen molar-refractivity contribution in [3.63, 3.8) is 0 Å². The summed E-state index contributed by atoms with van der Waals surface area (Å²) in [6.45, 7) is 2.38. The van der Waals surface area contributed by atoms with Gasteiger partial charge in [-0.2, -0.15) is 0 Å². The van der Waals surface area contributed by atoms with Gasteiger partial charge >= 0.3 is 0 Å². The second-order valence-corrected chi connectivity index (χ2v) is 8.56. The van der Waals surface area contributed by atoms with Gasteiger partial charge in [-0.1, -0.05) is 0 Å². The number of amides is 1. The van der Waals surface area contributed by atoms with E-state index in [4.69, 9.17) is 0 Å². The summed E-state index contributed by atoms with van der Waals surface area (Å²) in [6, 6.07) is 6.97. The maximum absolute atomic E-state index is 14.4. The Bertz CT molecular complexity index is 1160. The van der Waals surface area contributed by atoms with E-state index in [1.165, 1.54) is 18.2 Å². The summed E-state index contributed by atoms with van der Waals surface area (Å²) < 4.78 is 28.5. The van der Waals surface area contributed by atoms with Crippen LogP contribution in [0.25, 0.3) is 11.4 Å². The molecule has 3 fully saturated rings. The predicted molar refractivity (Wildman–Crippen MR) is 116 cm³/mol. The number of hydrogen-bond donors (Lipinski definition) is 1. The van der Waals surface area contributed by atoms with E-state index in [0.717, 1.165) is 24.8 Å². The van der Waals surface area contributed by atoms with Crippen LogP contribution in [0.5, 0.6) is 0 Å². The first-order chi connectivity index (χ1) is 15.5. The Balaban J connectivity index is 1.45. The van der Waals surface area contributed by atoms with Gasteiger partial charge in [0, 0.05) is 36.7 Å². The zero-order valence-electron chi connectivity index (χ0n) is 17.6. The number of rotatable bonds is 4. The summed E-state index contributed by atoms with van der Waals surface area (Å²) in [5, 5.41) is 3.22. The van der Waals surface area contributed by atoms with Crippen molar-refractivity contribution in [2.75, 3.05) is 11.9 Å². The number of pyridine rings is 1. The molecule has 164 valence electrons. The number of hydrogen-bond acceptors (Lipinski definition) is 5. The standard InChI is InChI=1S/C24H23F2N5O/c1-14-9-19(26)23(29-12-14)30-20-10-15-3-6-21(20)31(13-15)24(32)18-11-16(25)4-5-17(18)22-27-7-2-8-28-22/h2,4-5,7-9,11-12,15,20-21H,3,6,10,13H2,1H3,(H,29,30). The van der Waals surface area contributed by atoms with E-state index in [1.807, 2.05) is 0 Å². The second kappa shape index (κ2) is 8.26. The molecule has 4 heterocycles. The van der Waals surface area contributed by atoms with Crippen LogP contribution < -0.4 is 5.32 Å². The summed E-state index contributed by atoms with van der Waals surface area (Å²) in [5.74, 6) is -0.289. The van der Waals surface area contributed by atoms with Gasteiger partial charge in [-0.25, -0.2) is 23.7 Å². The van der Waals surface area contributed by atoms with Crippen molar-refractivity contribution in [3.8, 4) is 11.4 Å². The average Bonchev–Trinajstić information content (AvgIpc) is 2.81. The normalized spacial score (nSPS) is 22.1. The smallest absolute Gasteiger partial charge is 0.255 e. The molecule has 1 aromatic carbocycles. The maximum Gasteiger partial charge on any atom is 0.255 e. The zero-order valence-corrected chi connectivity index (χ0v) is 17.6. The summed E-state index contributed by atoms with van der Waals surface area (Å²) in [7, 11) is 0. The van der Waals surface area contributed by atoms with Crippen molar-refractivity contribution in [1.29, 1.82) is 0 Å². The van der Waals surface area contributed by atoms with Gasteiger partial charge in [0.05, 0.1) is 11.6 Å². The highest BCUT2D eigenvalue weighted by Gasteiger charge is 2.43. The molecule has 0 radical (unpaired) electrons. The molecule has 6 rings (SSSR count). The fourth-order valence-electron chi connectivity index (χ4n) is 4.88. The van der Waals surface area contributed by atoms with Crippen LogP contribution in [-0.4, -0.2) is 44.4 Å². The van der Waals surface area contributed by atoms with Gasteiger partial charge < -0.3 is 10.2 Å². The highest BCUT2D eigenvalue weighted by atomic mass is 19.1. The SMILES string of the molecule is Cc1cnc(NC2CC3CCC2N(C(=O)c2cc(F)ccc2-c2ncccn2)C3)c(F)c1. The first-order valence-corrected chi connectivity index (χ1v) is 10.8. The molecule has 3 unspecified atom stereocenters. The van der Waals surface area contributed by atoms with E-state index in [2.05, 4.69) is 20.3 Å². The van der Waals surface area contributed by atoms with E-state index in [1.54, 1.807) is 42.5 Å². The monoisotopic (exact) mass is 435 g/mol. The fraction of sp³-hybridized carbons (Fsp3) is 0.333. The molecule has 1 N–H and O–H groups in total. The number of nitrogens with zero attached hydrogens (tertiary/aromatic N) is 4. The third-order valence-electron chi connectivity index (χ3n) is 6.36. The van der Waals surface area contributed by atoms with Crippen LogP contribution in [0.15, 0.2) is 48.9 Å². The van der Waals surface area contributed by atoms with Gasteiger partial charge in [0.25, 0.3) is 5.91 Å². The van der Waals surface area contributed by atoms with E-state index in [0.29, 0.717) is 23.9 Å². The van der Waals surface area contributed by atoms with Gasteiger partial charge in [-0.3, -0.25) is 4.79 Å². The summed E-state index contributed by atoms with van der Waals surface area (Å²) in [5.41, 5.74) is 1.48. The third kappa shape index (κ3) is 3.81. The number of aryl methyl sites for hydroxylation is 1. The Kier molecular flexibility index (Phi) is 5.28. The number of piperidine rings is 2. The molecule has 3 aromatic rings. The fourth-order valence-corrected chi connectivity index (χ4v) is 4.88. The number of anilines is 1. The molecule has 2 aliphatic heterocycles. The van der Waals surface area contributed by atoms with E-state index in [9.17, 15) is 13.6 Å². The minimum atomic E-state index is -0.490. The second-order valence-electron chi connectivity index (χ2n) is 8.56. The summed E-state index contributed by atoms with van der Waals surface area (Å²) >= 11 is 0. The molecule has 2 saturated heterocycles. The molecular formula is C24H23F2N5O. The van der Waals surface area contributed by atoms with Crippen molar-refractivity contribution < 1.29 is 13.6 Å². The van der Waals surface area contributed by atoms with Crippen LogP contribution >= 0.6 is 0 Å². The van der Waals surface area contributed by atoms with Crippen molar-refractivity contribution in [2.45, 2.75) is 38.3 Å². The van der Waals surface area contributed by atoms with Crippen molar-refractivity contribution in [3.05, 3.63) is 71.7 Å². The third-order valence-corrected chi connectivity index (χ3v) is 6.36. The van der Waals surface area contributed by atoms with Crippen LogP contribution in [0.4, 0.5) is 14.6 Å². The summed E-state index contributed by atoms with van der Waals surface area (Å²) in [6.07, 6.45) is 7.44. The Morgan fingerprint density at radius 2 is 1.94 bits per heavy atom. The molecule has 6 nitrogen and oxygen atoms in total. The van der Waals surface area contributed by atoms with Crippen LogP contribution in [0.2, 0.25) is 0 Å². The maximum atomic E-state index is 14.4. The van der Waals surface area contributed by atoms with Crippen LogP contribution in [0.1, 0.15) is 35.2 Å². The molecule has 1 amide bonds.